The molecule has 0 spiro atoms. The molecule has 0 bridgehead atoms. The van der Waals surface area contributed by atoms with Crippen LogP contribution in [0.5, 0.6) is 0 Å². The molecule has 126 valence electrons. The van der Waals surface area contributed by atoms with Gasteiger partial charge in [-0.1, -0.05) is 27.7 Å². The fraction of sp³-hybridized carbons (Fsp3) is 0.933. The van der Waals surface area contributed by atoms with Crippen LogP contribution in [0.2, 0.25) is 0 Å². The van der Waals surface area contributed by atoms with Crippen LogP contribution in [-0.4, -0.2) is 43.8 Å². The molecule has 1 amide bonds. The van der Waals surface area contributed by atoms with Crippen LogP contribution < -0.4 is 0 Å². The first-order chi connectivity index (χ1) is 9.77. The summed E-state index contributed by atoms with van der Waals surface area (Å²) >= 11 is 0. The number of likely N-dealkylation sites (tertiary alicyclic amines) is 1. The molecule has 1 fully saturated rings. The van der Waals surface area contributed by atoms with Crippen molar-refractivity contribution in [2.45, 2.75) is 46.7 Å². The molecule has 0 aliphatic carbocycles. The third-order valence-corrected chi connectivity index (χ3v) is 3.68. The zero-order chi connectivity index (χ0) is 16.6. The van der Waals surface area contributed by atoms with Gasteiger partial charge in [0.15, 0.2) is 0 Å². The second-order valence-electron chi connectivity index (χ2n) is 5.42. The number of ether oxygens (including phenoxy) is 1. The number of amides is 1. The Morgan fingerprint density at radius 1 is 1.24 bits per heavy atom. The summed E-state index contributed by atoms with van der Waals surface area (Å²) in [6, 6.07) is 0. The van der Waals surface area contributed by atoms with Gasteiger partial charge in [-0.2, -0.15) is 13.2 Å². The topological polar surface area (TPSA) is 29.5 Å². The quantitative estimate of drug-likeness (QED) is 0.791. The number of rotatable bonds is 4. The summed E-state index contributed by atoms with van der Waals surface area (Å²) in [6.07, 6.45) is -3.44. The number of nitrogens with zero attached hydrogens (tertiary/aromatic N) is 1. The molecule has 0 radical (unpaired) electrons. The summed E-state index contributed by atoms with van der Waals surface area (Å²) in [5.41, 5.74) is 0. The third-order valence-electron chi connectivity index (χ3n) is 3.68. The molecular formula is C15H28F3NO2. The van der Waals surface area contributed by atoms with E-state index in [1.807, 2.05) is 13.8 Å². The van der Waals surface area contributed by atoms with Crippen LogP contribution in [0.4, 0.5) is 13.2 Å². The van der Waals surface area contributed by atoms with Gasteiger partial charge in [-0.05, 0) is 18.8 Å². The van der Waals surface area contributed by atoms with Crippen molar-refractivity contribution in [3.63, 3.8) is 0 Å². The molecule has 0 aromatic heterocycles. The van der Waals surface area contributed by atoms with Gasteiger partial charge in [0, 0.05) is 26.1 Å². The predicted octanol–water partition coefficient (Wildman–Crippen LogP) is 3.73. The summed E-state index contributed by atoms with van der Waals surface area (Å²) in [5, 5.41) is 0. The molecule has 1 atom stereocenters. The highest BCUT2D eigenvalue weighted by Gasteiger charge is 2.45. The van der Waals surface area contributed by atoms with Gasteiger partial charge in [-0.3, -0.25) is 4.79 Å². The lowest BCUT2D eigenvalue weighted by Gasteiger charge is -2.37. The van der Waals surface area contributed by atoms with Crippen LogP contribution in [0.3, 0.4) is 0 Å². The summed E-state index contributed by atoms with van der Waals surface area (Å²) in [4.78, 5) is 13.4. The number of carbonyl (C=O) groups excluding carboxylic acids is 1. The van der Waals surface area contributed by atoms with Crippen molar-refractivity contribution in [2.75, 3.05) is 26.8 Å². The normalized spacial score (nSPS) is 18.2. The van der Waals surface area contributed by atoms with Crippen LogP contribution >= 0.6 is 0 Å². The minimum Gasteiger partial charge on any atom is -0.384 e. The van der Waals surface area contributed by atoms with Gasteiger partial charge >= 0.3 is 6.18 Å². The number of alkyl halides is 3. The highest BCUT2D eigenvalue weighted by molar-refractivity contribution is 5.78. The molecule has 1 saturated heterocycles. The number of methoxy groups -OCH3 is 1. The zero-order valence-electron chi connectivity index (χ0n) is 13.7. The first-order valence-electron chi connectivity index (χ1n) is 7.61. The van der Waals surface area contributed by atoms with Crippen LogP contribution in [0.25, 0.3) is 0 Å². The number of carbonyl (C=O) groups is 1. The maximum atomic E-state index is 12.9. The average molecular weight is 311 g/mol. The molecule has 0 N–H and O–H groups in total. The molecule has 1 aliphatic heterocycles. The first-order valence-corrected chi connectivity index (χ1v) is 7.61. The second kappa shape index (κ2) is 9.28. The van der Waals surface area contributed by atoms with Gasteiger partial charge in [-0.25, -0.2) is 0 Å². The number of hydrogen-bond acceptors (Lipinski definition) is 2. The molecule has 0 aromatic rings. The standard InChI is InChI=1S/C13H22F3NO2.C2H6/c1-9(2)12(18)17-6-4-10(5-7-17)11(8-19-3)13(14,15)16;1-2/h9-11H,4-8H2,1-3H3;1-2H3. The van der Waals surface area contributed by atoms with Gasteiger partial charge in [-0.15, -0.1) is 0 Å². The van der Waals surface area contributed by atoms with Crippen molar-refractivity contribution in [3.8, 4) is 0 Å². The van der Waals surface area contributed by atoms with Gasteiger partial charge in [0.05, 0.1) is 12.5 Å². The minimum absolute atomic E-state index is 0.0220. The summed E-state index contributed by atoms with van der Waals surface area (Å²) < 4.78 is 43.4. The van der Waals surface area contributed by atoms with E-state index < -0.39 is 18.0 Å². The molecule has 6 heteroatoms. The van der Waals surface area contributed by atoms with Gasteiger partial charge in [0.2, 0.25) is 5.91 Å². The van der Waals surface area contributed by atoms with Crippen LogP contribution in [0.15, 0.2) is 0 Å². The lowest BCUT2D eigenvalue weighted by atomic mass is 9.84. The van der Waals surface area contributed by atoms with Crippen molar-refractivity contribution >= 4 is 5.91 Å². The van der Waals surface area contributed by atoms with E-state index in [-0.39, 0.29) is 18.4 Å². The zero-order valence-corrected chi connectivity index (χ0v) is 13.7. The van der Waals surface area contributed by atoms with E-state index in [1.54, 1.807) is 18.7 Å². The van der Waals surface area contributed by atoms with E-state index in [2.05, 4.69) is 0 Å². The summed E-state index contributed by atoms with van der Waals surface area (Å²) in [7, 11) is 1.29. The molecule has 21 heavy (non-hydrogen) atoms. The number of halogens is 3. The maximum Gasteiger partial charge on any atom is 0.394 e. The van der Waals surface area contributed by atoms with Crippen molar-refractivity contribution in [3.05, 3.63) is 0 Å². The monoisotopic (exact) mass is 311 g/mol. The molecule has 3 nitrogen and oxygen atoms in total. The van der Waals surface area contributed by atoms with E-state index in [4.69, 9.17) is 4.74 Å². The van der Waals surface area contributed by atoms with E-state index in [0.29, 0.717) is 25.9 Å². The van der Waals surface area contributed by atoms with Gasteiger partial charge in [0.25, 0.3) is 0 Å². The van der Waals surface area contributed by atoms with Gasteiger partial charge < -0.3 is 9.64 Å². The van der Waals surface area contributed by atoms with Gasteiger partial charge in [0.1, 0.15) is 0 Å². The van der Waals surface area contributed by atoms with Crippen LogP contribution in [-0.2, 0) is 9.53 Å². The Morgan fingerprint density at radius 3 is 2.05 bits per heavy atom. The Hall–Kier alpha value is -0.780. The van der Waals surface area contributed by atoms with E-state index in [1.165, 1.54) is 7.11 Å². The van der Waals surface area contributed by atoms with Crippen molar-refractivity contribution < 1.29 is 22.7 Å². The molecule has 1 aliphatic rings. The maximum absolute atomic E-state index is 12.9. The van der Waals surface area contributed by atoms with Crippen molar-refractivity contribution in [2.24, 2.45) is 17.8 Å². The largest absolute Gasteiger partial charge is 0.394 e. The lowest BCUT2D eigenvalue weighted by molar-refractivity contribution is -0.204. The Balaban J connectivity index is 0.00000191. The lowest BCUT2D eigenvalue weighted by Crippen LogP contribution is -2.45. The molecular weight excluding hydrogens is 283 g/mol. The predicted molar refractivity (Wildman–Crippen MR) is 76.9 cm³/mol. The fourth-order valence-corrected chi connectivity index (χ4v) is 2.56. The van der Waals surface area contributed by atoms with Crippen LogP contribution in [0, 0.1) is 17.8 Å². The molecule has 0 saturated carbocycles. The molecule has 1 unspecified atom stereocenters. The summed E-state index contributed by atoms with van der Waals surface area (Å²) in [6.45, 7) is 8.14. The molecule has 1 heterocycles. The van der Waals surface area contributed by atoms with Crippen LogP contribution in [0.1, 0.15) is 40.5 Å². The smallest absolute Gasteiger partial charge is 0.384 e. The third kappa shape index (κ3) is 6.24. The fourth-order valence-electron chi connectivity index (χ4n) is 2.56. The Morgan fingerprint density at radius 2 is 1.71 bits per heavy atom. The molecule has 0 aromatic carbocycles. The highest BCUT2D eigenvalue weighted by Crippen LogP contribution is 2.37. The van der Waals surface area contributed by atoms with Crippen molar-refractivity contribution in [1.82, 2.24) is 4.90 Å². The average Bonchev–Trinajstić information content (AvgIpc) is 2.45. The van der Waals surface area contributed by atoms with E-state index >= 15 is 0 Å². The van der Waals surface area contributed by atoms with E-state index in [0.717, 1.165) is 0 Å². The van der Waals surface area contributed by atoms with E-state index in [9.17, 15) is 18.0 Å². The first kappa shape index (κ1) is 20.2. The number of hydrogen-bond donors (Lipinski definition) is 0. The molecule has 1 rings (SSSR count). The Kier molecular flexibility index (Phi) is 8.94. The van der Waals surface area contributed by atoms with Crippen molar-refractivity contribution in [1.29, 1.82) is 0 Å². The highest BCUT2D eigenvalue weighted by atomic mass is 19.4. The Labute approximate surface area is 125 Å². The second-order valence-corrected chi connectivity index (χ2v) is 5.42. The summed E-state index contributed by atoms with van der Waals surface area (Å²) in [5.74, 6) is -1.95. The Bertz CT molecular complexity index is 298. The number of piperidine rings is 1. The minimum atomic E-state index is -4.23. The SMILES string of the molecule is CC.COCC(C1CCN(C(=O)C(C)C)CC1)C(F)(F)F.